The number of hydrogen-bond donors (Lipinski definition) is 2. The lowest BCUT2D eigenvalue weighted by Gasteiger charge is -2.27. The molecule has 1 saturated heterocycles. The van der Waals surface area contributed by atoms with Crippen LogP contribution in [0.3, 0.4) is 0 Å². The Kier molecular flexibility index (Phi) is 1.56. The molecule has 3 aliphatic heterocycles. The summed E-state index contributed by atoms with van der Waals surface area (Å²) in [5, 5.41) is 13.0. The molecule has 5 unspecified atom stereocenters. The molecule has 2 N–H and O–H groups in total. The maximum Gasteiger partial charge on any atom is 0.0668 e. The lowest BCUT2D eigenvalue weighted by molar-refractivity contribution is 0.123. The van der Waals surface area contributed by atoms with Crippen LogP contribution in [0.1, 0.15) is 19.8 Å². The maximum atomic E-state index is 9.61. The Morgan fingerprint density at radius 3 is 3.23 bits per heavy atom. The van der Waals surface area contributed by atoms with Crippen LogP contribution < -0.4 is 5.32 Å². The largest absolute Gasteiger partial charge is 0.392 e. The molecule has 13 heavy (non-hydrogen) atoms. The standard InChI is InChI=1S/C10H16N2O/c1-5(13)10-9-6(4-11-10)7-2-3-8(9)12-7/h5-6,8-11,13H,2-4H2,1H3. The van der Waals surface area contributed by atoms with Crippen molar-refractivity contribution in [2.24, 2.45) is 16.8 Å². The van der Waals surface area contributed by atoms with Gasteiger partial charge in [0.05, 0.1) is 12.1 Å². The summed E-state index contributed by atoms with van der Waals surface area (Å²) in [5.74, 6) is 1.25. The molecular formula is C10H16N2O. The number of fused-ring (bicyclic) bond motifs is 4. The van der Waals surface area contributed by atoms with E-state index in [0.29, 0.717) is 17.9 Å². The number of aliphatic hydroxyl groups excluding tert-OH is 1. The Morgan fingerprint density at radius 2 is 2.46 bits per heavy atom. The first-order valence-corrected chi connectivity index (χ1v) is 5.25. The fourth-order valence-corrected chi connectivity index (χ4v) is 3.32. The number of rotatable bonds is 1. The molecule has 3 heteroatoms. The number of aliphatic imine (C=N–C) groups is 1. The number of aliphatic hydroxyl groups is 1. The van der Waals surface area contributed by atoms with Crippen molar-refractivity contribution in [1.82, 2.24) is 5.32 Å². The molecule has 72 valence electrons. The SMILES string of the molecule is CC(O)C1NCC2C3=NC(CC3)C21. The molecule has 0 aromatic rings. The minimum Gasteiger partial charge on any atom is -0.392 e. The van der Waals surface area contributed by atoms with Crippen molar-refractivity contribution in [3.8, 4) is 0 Å². The van der Waals surface area contributed by atoms with Crippen LogP contribution in [-0.4, -0.2) is 35.6 Å². The summed E-state index contributed by atoms with van der Waals surface area (Å²) in [4.78, 5) is 4.68. The van der Waals surface area contributed by atoms with Gasteiger partial charge < -0.3 is 10.4 Å². The molecule has 2 bridgehead atoms. The smallest absolute Gasteiger partial charge is 0.0668 e. The van der Waals surface area contributed by atoms with Crippen molar-refractivity contribution in [1.29, 1.82) is 0 Å². The van der Waals surface area contributed by atoms with E-state index in [2.05, 4.69) is 10.3 Å². The lowest BCUT2D eigenvalue weighted by atomic mass is 9.77. The van der Waals surface area contributed by atoms with Gasteiger partial charge in [0, 0.05) is 30.1 Å². The minimum absolute atomic E-state index is 0.231. The summed E-state index contributed by atoms with van der Waals surface area (Å²) in [6.07, 6.45) is 2.20. The van der Waals surface area contributed by atoms with Gasteiger partial charge in [0.2, 0.25) is 0 Å². The molecule has 0 radical (unpaired) electrons. The molecule has 0 spiro atoms. The molecule has 3 nitrogen and oxygen atoms in total. The van der Waals surface area contributed by atoms with E-state index in [1.165, 1.54) is 18.6 Å². The van der Waals surface area contributed by atoms with E-state index in [4.69, 9.17) is 0 Å². The van der Waals surface area contributed by atoms with Crippen LogP contribution in [0.4, 0.5) is 0 Å². The van der Waals surface area contributed by atoms with Crippen LogP contribution in [0.2, 0.25) is 0 Å². The Bertz CT molecular complexity index is 262. The molecule has 0 aromatic heterocycles. The van der Waals surface area contributed by atoms with Crippen LogP contribution in [0.5, 0.6) is 0 Å². The summed E-state index contributed by atoms with van der Waals surface area (Å²) in [6, 6.07) is 0.811. The van der Waals surface area contributed by atoms with Crippen LogP contribution in [-0.2, 0) is 0 Å². The maximum absolute atomic E-state index is 9.61. The molecular weight excluding hydrogens is 164 g/mol. The van der Waals surface area contributed by atoms with Gasteiger partial charge in [0.25, 0.3) is 0 Å². The van der Waals surface area contributed by atoms with Gasteiger partial charge >= 0.3 is 0 Å². The van der Waals surface area contributed by atoms with Crippen LogP contribution in [0.25, 0.3) is 0 Å². The van der Waals surface area contributed by atoms with E-state index in [0.717, 1.165) is 6.54 Å². The summed E-state index contributed by atoms with van der Waals surface area (Å²) in [6.45, 7) is 2.92. The molecule has 5 atom stereocenters. The Morgan fingerprint density at radius 1 is 1.62 bits per heavy atom. The van der Waals surface area contributed by atoms with E-state index >= 15 is 0 Å². The van der Waals surface area contributed by atoms with Crippen molar-refractivity contribution in [3.63, 3.8) is 0 Å². The second kappa shape index (κ2) is 2.55. The molecule has 3 heterocycles. The summed E-state index contributed by atoms with van der Waals surface area (Å²) >= 11 is 0. The number of nitrogens with one attached hydrogen (secondary N) is 1. The molecule has 3 aliphatic rings. The highest BCUT2D eigenvalue weighted by molar-refractivity contribution is 5.91. The molecule has 1 fully saturated rings. The topological polar surface area (TPSA) is 44.6 Å². The average Bonchev–Trinajstić information content (AvgIpc) is 2.76. The monoisotopic (exact) mass is 180 g/mol. The Labute approximate surface area is 78.2 Å². The van der Waals surface area contributed by atoms with Crippen LogP contribution in [0, 0.1) is 11.8 Å². The zero-order valence-corrected chi connectivity index (χ0v) is 7.90. The van der Waals surface area contributed by atoms with E-state index in [1.807, 2.05) is 6.92 Å². The number of hydrogen-bond acceptors (Lipinski definition) is 3. The van der Waals surface area contributed by atoms with E-state index in [9.17, 15) is 5.11 Å². The first-order chi connectivity index (χ1) is 6.27. The van der Waals surface area contributed by atoms with E-state index in [-0.39, 0.29) is 12.1 Å². The van der Waals surface area contributed by atoms with Crippen molar-refractivity contribution in [3.05, 3.63) is 0 Å². The minimum atomic E-state index is -0.231. The average molecular weight is 180 g/mol. The molecule has 0 aromatic carbocycles. The molecule has 0 amide bonds. The van der Waals surface area contributed by atoms with Gasteiger partial charge in [-0.25, -0.2) is 0 Å². The van der Waals surface area contributed by atoms with Gasteiger partial charge in [-0.3, -0.25) is 4.99 Å². The van der Waals surface area contributed by atoms with Gasteiger partial charge in [-0.1, -0.05) is 0 Å². The van der Waals surface area contributed by atoms with E-state index < -0.39 is 0 Å². The van der Waals surface area contributed by atoms with E-state index in [1.54, 1.807) is 0 Å². The highest BCUT2D eigenvalue weighted by atomic mass is 16.3. The molecule has 0 saturated carbocycles. The normalized spacial score (nSPS) is 49.2. The van der Waals surface area contributed by atoms with Gasteiger partial charge in [0.1, 0.15) is 0 Å². The third kappa shape index (κ3) is 0.945. The van der Waals surface area contributed by atoms with Crippen molar-refractivity contribution < 1.29 is 5.11 Å². The summed E-state index contributed by atoms with van der Waals surface area (Å²) in [5.41, 5.74) is 1.42. The number of nitrogens with zero attached hydrogens (tertiary/aromatic N) is 1. The van der Waals surface area contributed by atoms with Gasteiger partial charge in [-0.05, 0) is 19.8 Å². The van der Waals surface area contributed by atoms with Gasteiger partial charge in [-0.2, -0.15) is 0 Å². The zero-order chi connectivity index (χ0) is 9.00. The van der Waals surface area contributed by atoms with Crippen molar-refractivity contribution in [2.75, 3.05) is 6.54 Å². The van der Waals surface area contributed by atoms with Crippen molar-refractivity contribution in [2.45, 2.75) is 38.0 Å². The van der Waals surface area contributed by atoms with Gasteiger partial charge in [0.15, 0.2) is 0 Å². The second-order valence-corrected chi connectivity index (χ2v) is 4.58. The fraction of sp³-hybridized carbons (Fsp3) is 0.900. The summed E-state index contributed by atoms with van der Waals surface area (Å²) < 4.78 is 0. The second-order valence-electron chi connectivity index (χ2n) is 4.58. The predicted octanol–water partition coefficient (Wildman–Crippen LogP) is 0.188. The van der Waals surface area contributed by atoms with Crippen molar-refractivity contribution >= 4 is 5.71 Å². The predicted molar refractivity (Wildman–Crippen MR) is 50.9 cm³/mol. The Balaban J connectivity index is 1.86. The third-order valence-electron chi connectivity index (χ3n) is 3.87. The summed E-state index contributed by atoms with van der Waals surface area (Å²) in [7, 11) is 0. The third-order valence-corrected chi connectivity index (χ3v) is 3.87. The van der Waals surface area contributed by atoms with Crippen LogP contribution in [0.15, 0.2) is 4.99 Å². The van der Waals surface area contributed by atoms with Crippen LogP contribution >= 0.6 is 0 Å². The first-order valence-electron chi connectivity index (χ1n) is 5.25. The molecule has 0 aliphatic carbocycles. The lowest BCUT2D eigenvalue weighted by Crippen LogP contribution is -2.41. The highest BCUT2D eigenvalue weighted by Gasteiger charge is 2.51. The Hall–Kier alpha value is -0.410. The fourth-order valence-electron chi connectivity index (χ4n) is 3.32. The molecule has 3 rings (SSSR count). The first kappa shape index (κ1) is 7.94. The zero-order valence-electron chi connectivity index (χ0n) is 7.90. The quantitative estimate of drug-likeness (QED) is 0.605. The highest BCUT2D eigenvalue weighted by Crippen LogP contribution is 2.43. The van der Waals surface area contributed by atoms with Gasteiger partial charge in [-0.15, -0.1) is 0 Å².